The maximum atomic E-state index is 3.76. The van der Waals surface area contributed by atoms with Crippen LogP contribution in [0.2, 0.25) is 0 Å². The summed E-state index contributed by atoms with van der Waals surface area (Å²) in [6.45, 7) is 1.15. The van der Waals surface area contributed by atoms with Gasteiger partial charge in [0.1, 0.15) is 0 Å². The number of benzene rings is 2. The molecule has 2 aliphatic heterocycles. The molecule has 2 aromatic carbocycles. The highest BCUT2D eigenvalue weighted by atomic mass is 15.0. The minimum atomic E-state index is 0.559. The number of nitrogens with one attached hydrogen (secondary N) is 1. The fraction of sp³-hybridized carbons (Fsp3) is 0.478. The summed E-state index contributed by atoms with van der Waals surface area (Å²) in [5.41, 5.74) is 8.20. The molecule has 1 saturated carbocycles. The maximum Gasteiger partial charge on any atom is 0.0329 e. The quantitative estimate of drug-likeness (QED) is 0.747. The number of hydrogen-bond acceptors (Lipinski definition) is 1. The molecule has 0 spiro atoms. The molecule has 122 valence electrons. The van der Waals surface area contributed by atoms with E-state index in [4.69, 9.17) is 0 Å². The highest BCUT2D eigenvalue weighted by molar-refractivity contribution is 5.46. The molecule has 4 aliphatic carbocycles. The first-order valence-corrected chi connectivity index (χ1v) is 9.84. The van der Waals surface area contributed by atoms with Crippen LogP contribution in [-0.2, 0) is 0 Å². The van der Waals surface area contributed by atoms with Crippen LogP contribution in [0.4, 0.5) is 0 Å². The van der Waals surface area contributed by atoms with Crippen molar-refractivity contribution in [3.05, 3.63) is 70.3 Å². The lowest BCUT2D eigenvalue weighted by Gasteiger charge is -2.45. The van der Waals surface area contributed by atoms with E-state index in [0.717, 1.165) is 18.4 Å². The Bertz CT molecular complexity index is 799. The zero-order valence-corrected chi connectivity index (χ0v) is 14.2. The molecule has 2 heterocycles. The normalized spacial score (nSPS) is 35.6. The molecule has 1 N–H and O–H groups in total. The minimum absolute atomic E-state index is 0.559. The van der Waals surface area contributed by atoms with Gasteiger partial charge >= 0.3 is 0 Å². The summed E-state index contributed by atoms with van der Waals surface area (Å²) in [5, 5.41) is 3.76. The van der Waals surface area contributed by atoms with E-state index < -0.39 is 0 Å². The smallest absolute Gasteiger partial charge is 0.0329 e. The molecule has 0 aromatic heterocycles. The Morgan fingerprint density at radius 1 is 0.708 bits per heavy atom. The van der Waals surface area contributed by atoms with Crippen LogP contribution in [0.25, 0.3) is 0 Å². The summed E-state index contributed by atoms with van der Waals surface area (Å²) >= 11 is 0. The molecule has 3 unspecified atom stereocenters. The summed E-state index contributed by atoms with van der Waals surface area (Å²) in [6.07, 6.45) is 7.00. The predicted octanol–water partition coefficient (Wildman–Crippen LogP) is 5.36. The minimum Gasteiger partial charge on any atom is -0.309 e. The molecular weight excluding hydrogens is 290 g/mol. The van der Waals surface area contributed by atoms with Gasteiger partial charge in [0.05, 0.1) is 0 Å². The summed E-state index contributed by atoms with van der Waals surface area (Å²) in [7, 11) is 0. The molecule has 3 atom stereocenters. The van der Waals surface area contributed by atoms with Crippen molar-refractivity contribution in [2.45, 2.75) is 61.8 Å². The van der Waals surface area contributed by atoms with E-state index in [9.17, 15) is 0 Å². The molecule has 0 amide bonds. The van der Waals surface area contributed by atoms with Gasteiger partial charge in [0.2, 0.25) is 0 Å². The van der Waals surface area contributed by atoms with Crippen molar-refractivity contribution in [1.29, 1.82) is 0 Å². The molecule has 1 heteroatoms. The van der Waals surface area contributed by atoms with E-state index in [1.165, 1.54) is 32.1 Å². The molecule has 2 aromatic rings. The topological polar surface area (TPSA) is 12.0 Å². The van der Waals surface area contributed by atoms with Crippen molar-refractivity contribution < 1.29 is 0 Å². The van der Waals surface area contributed by atoms with Gasteiger partial charge < -0.3 is 5.32 Å². The molecule has 1 nitrogen and oxygen atoms in total. The number of fused-ring (bicyclic) bond motifs is 4. The van der Waals surface area contributed by atoms with Gasteiger partial charge in [-0.1, -0.05) is 42.5 Å². The lowest BCUT2D eigenvalue weighted by atomic mass is 9.64. The van der Waals surface area contributed by atoms with Crippen LogP contribution < -0.4 is 5.32 Å². The average Bonchev–Trinajstić information content (AvgIpc) is 2.69. The molecule has 6 aliphatic rings. The second-order valence-corrected chi connectivity index (χ2v) is 8.48. The van der Waals surface area contributed by atoms with Gasteiger partial charge in [-0.25, -0.2) is 0 Å². The van der Waals surface area contributed by atoms with Crippen LogP contribution in [0.3, 0.4) is 0 Å². The van der Waals surface area contributed by atoms with Crippen molar-refractivity contribution in [2.75, 3.05) is 6.54 Å². The third-order valence-electron chi connectivity index (χ3n) is 7.48. The lowest BCUT2D eigenvalue weighted by molar-refractivity contribution is 0.296. The molecule has 8 rings (SSSR count). The van der Waals surface area contributed by atoms with Crippen LogP contribution in [-0.4, -0.2) is 6.54 Å². The fourth-order valence-corrected chi connectivity index (χ4v) is 6.28. The first kappa shape index (κ1) is 13.7. The summed E-state index contributed by atoms with van der Waals surface area (Å²) in [5.74, 6) is 3.09. The molecule has 1 saturated heterocycles. The Morgan fingerprint density at radius 3 is 2.29 bits per heavy atom. The van der Waals surface area contributed by atoms with Crippen molar-refractivity contribution >= 4 is 0 Å². The Hall–Kier alpha value is -1.60. The van der Waals surface area contributed by atoms with E-state index in [-0.39, 0.29) is 0 Å². The fourth-order valence-electron chi connectivity index (χ4n) is 6.28. The van der Waals surface area contributed by atoms with Gasteiger partial charge in [0.25, 0.3) is 0 Å². The second kappa shape index (κ2) is 4.95. The first-order valence-electron chi connectivity index (χ1n) is 9.84. The third kappa shape index (κ3) is 1.80. The molecular formula is C23H25N. The van der Waals surface area contributed by atoms with E-state index in [1.807, 2.05) is 0 Å². The third-order valence-corrected chi connectivity index (χ3v) is 7.48. The number of hydrogen-bond donors (Lipinski definition) is 1. The van der Waals surface area contributed by atoms with E-state index in [1.54, 1.807) is 27.8 Å². The zero-order valence-electron chi connectivity index (χ0n) is 14.2. The molecule has 0 radical (unpaired) electrons. The van der Waals surface area contributed by atoms with Crippen LogP contribution in [0, 0.1) is 0 Å². The Labute approximate surface area is 144 Å². The number of rotatable bonds is 1. The van der Waals surface area contributed by atoms with E-state index in [0.29, 0.717) is 17.9 Å². The predicted molar refractivity (Wildman–Crippen MR) is 97.7 cm³/mol. The summed E-state index contributed by atoms with van der Waals surface area (Å²) < 4.78 is 0. The van der Waals surface area contributed by atoms with Gasteiger partial charge in [-0.2, -0.15) is 0 Å². The first-order chi connectivity index (χ1) is 11.9. The largest absolute Gasteiger partial charge is 0.309 e. The van der Waals surface area contributed by atoms with E-state index >= 15 is 0 Å². The zero-order chi connectivity index (χ0) is 15.7. The highest BCUT2D eigenvalue weighted by Gasteiger charge is 2.41. The van der Waals surface area contributed by atoms with Gasteiger partial charge in [0.15, 0.2) is 0 Å². The summed E-state index contributed by atoms with van der Waals surface area (Å²) in [6, 6.07) is 17.3. The monoisotopic (exact) mass is 315 g/mol. The van der Waals surface area contributed by atoms with Gasteiger partial charge in [-0.3, -0.25) is 0 Å². The van der Waals surface area contributed by atoms with Crippen LogP contribution in [0.5, 0.6) is 0 Å². The Kier molecular flexibility index (Phi) is 2.82. The van der Waals surface area contributed by atoms with Crippen LogP contribution >= 0.6 is 0 Å². The standard InChI is InChI=1S/C23H25N/c1-2-4-19-18(3-1)22-13-24-23(19)12-21(22)16-9-10-17-14-5-7-15(8-6-14)20(17)11-16/h1-4,9-11,14-15,21-24H,5-8,12-13H2. The SMILES string of the molecule is c1ccc2c(c1)C1CC(c3ccc4c(c3)C3CCC4CC3)C2CN1. The van der Waals surface area contributed by atoms with Crippen molar-refractivity contribution in [3.63, 3.8) is 0 Å². The van der Waals surface area contributed by atoms with Gasteiger partial charge in [-0.05, 0) is 77.7 Å². The van der Waals surface area contributed by atoms with Crippen molar-refractivity contribution in [3.8, 4) is 0 Å². The highest BCUT2D eigenvalue weighted by Crippen LogP contribution is 2.53. The van der Waals surface area contributed by atoms with Crippen molar-refractivity contribution in [2.24, 2.45) is 0 Å². The molecule has 4 bridgehead atoms. The Morgan fingerprint density at radius 2 is 1.46 bits per heavy atom. The number of piperidine rings is 1. The van der Waals surface area contributed by atoms with E-state index in [2.05, 4.69) is 47.8 Å². The van der Waals surface area contributed by atoms with Gasteiger partial charge in [0, 0.05) is 18.5 Å². The van der Waals surface area contributed by atoms with Crippen molar-refractivity contribution in [1.82, 2.24) is 5.32 Å². The van der Waals surface area contributed by atoms with Crippen LogP contribution in [0.15, 0.2) is 42.5 Å². The van der Waals surface area contributed by atoms with Crippen LogP contribution in [0.1, 0.15) is 89.6 Å². The Balaban J connectivity index is 1.42. The lowest BCUT2D eigenvalue weighted by Crippen LogP contribution is -2.42. The molecule has 24 heavy (non-hydrogen) atoms. The molecule has 2 fully saturated rings. The summed E-state index contributed by atoms with van der Waals surface area (Å²) in [4.78, 5) is 0. The maximum absolute atomic E-state index is 3.76. The van der Waals surface area contributed by atoms with Gasteiger partial charge in [-0.15, -0.1) is 0 Å². The average molecular weight is 315 g/mol. The second-order valence-electron chi connectivity index (χ2n) is 8.48.